The molecule has 2 amide bonds. The van der Waals surface area contributed by atoms with Crippen molar-refractivity contribution in [3.8, 4) is 0 Å². The Morgan fingerprint density at radius 2 is 1.68 bits per heavy atom. The molecule has 3 rings (SSSR count). The molecule has 2 aromatic rings. The van der Waals surface area contributed by atoms with E-state index in [1.807, 2.05) is 0 Å². The smallest absolute Gasteiger partial charge is 0.410 e. The molecule has 3 N–H and O–H groups in total. The molecule has 1 heterocycles. The number of ether oxygens (including phenoxy) is 1. The van der Waals surface area contributed by atoms with Gasteiger partial charge in [0.15, 0.2) is 5.12 Å². The summed E-state index contributed by atoms with van der Waals surface area (Å²) in [4.78, 5) is 71.6. The predicted molar refractivity (Wildman–Crippen MR) is 129 cm³/mol. The minimum atomic E-state index is -1.39. The summed E-state index contributed by atoms with van der Waals surface area (Å²) in [6.45, 7) is 1.13. The highest BCUT2D eigenvalue weighted by molar-refractivity contribution is 8.14. The van der Waals surface area contributed by atoms with Crippen LogP contribution in [0.5, 0.6) is 0 Å². The van der Waals surface area contributed by atoms with E-state index in [0.29, 0.717) is 5.56 Å². The maximum Gasteiger partial charge on any atom is 0.410 e. The van der Waals surface area contributed by atoms with E-state index in [1.54, 1.807) is 0 Å². The largest absolute Gasteiger partial charge is 0.478 e. The third-order valence-electron chi connectivity index (χ3n) is 5.34. The van der Waals surface area contributed by atoms with Crippen LogP contribution in [0.2, 0.25) is 0 Å². The van der Waals surface area contributed by atoms with Gasteiger partial charge in [0.05, 0.1) is 16.1 Å². The summed E-state index contributed by atoms with van der Waals surface area (Å²) in [7, 11) is 0. The lowest BCUT2D eigenvalue weighted by molar-refractivity contribution is -0.384. The number of thioether (sulfide) groups is 1. The topological polar surface area (TPSA) is 193 Å². The van der Waals surface area contributed by atoms with E-state index in [-0.39, 0.29) is 47.2 Å². The molecule has 0 aromatic heterocycles. The lowest BCUT2D eigenvalue weighted by Gasteiger charge is -2.23. The first kappa shape index (κ1) is 27.1. The van der Waals surface area contributed by atoms with E-state index in [9.17, 15) is 44.3 Å². The van der Waals surface area contributed by atoms with Crippen molar-refractivity contribution in [2.24, 2.45) is 0 Å². The molecule has 13 nitrogen and oxygen atoms in total. The van der Waals surface area contributed by atoms with Crippen molar-refractivity contribution in [3.63, 3.8) is 0 Å². The summed E-state index contributed by atoms with van der Waals surface area (Å²) in [6, 6.07) is 7.37. The summed E-state index contributed by atoms with van der Waals surface area (Å²) < 4.78 is 5.28. The van der Waals surface area contributed by atoms with Crippen molar-refractivity contribution >= 4 is 52.2 Å². The number of anilines is 1. The van der Waals surface area contributed by atoms with Crippen molar-refractivity contribution in [3.05, 3.63) is 69.3 Å². The number of benzene rings is 2. The predicted octanol–water partition coefficient (Wildman–Crippen LogP) is 2.99. The van der Waals surface area contributed by atoms with Crippen molar-refractivity contribution < 1.29 is 43.8 Å². The summed E-state index contributed by atoms with van der Waals surface area (Å²) in [5, 5.41) is 31.1. The zero-order chi connectivity index (χ0) is 27.3. The maximum atomic E-state index is 13.1. The number of carboxylic acid groups (broad SMARTS) is 2. The van der Waals surface area contributed by atoms with Crippen LogP contribution in [-0.2, 0) is 20.9 Å². The highest BCUT2D eigenvalue weighted by Crippen LogP contribution is 2.30. The van der Waals surface area contributed by atoms with Gasteiger partial charge in [0.2, 0.25) is 5.91 Å². The number of non-ortho nitro benzene ring substituents is 1. The Morgan fingerprint density at radius 1 is 1.08 bits per heavy atom. The minimum Gasteiger partial charge on any atom is -0.478 e. The second-order valence-electron chi connectivity index (χ2n) is 8.01. The number of nitrogens with zero attached hydrogens (tertiary/aromatic N) is 2. The molecular weight excluding hydrogens is 510 g/mol. The first-order chi connectivity index (χ1) is 17.4. The number of carboxylic acids is 2. The second kappa shape index (κ2) is 11.5. The quantitative estimate of drug-likeness (QED) is 0.335. The van der Waals surface area contributed by atoms with Crippen LogP contribution in [0.4, 0.5) is 16.2 Å². The fourth-order valence-corrected chi connectivity index (χ4v) is 4.67. The molecule has 14 heteroatoms. The number of carbonyl (C=O) groups is 5. The van der Waals surface area contributed by atoms with Crippen molar-refractivity contribution in [2.75, 3.05) is 11.9 Å². The number of rotatable bonds is 8. The summed E-state index contributed by atoms with van der Waals surface area (Å²) >= 11 is 0.955. The zero-order valence-corrected chi connectivity index (χ0v) is 20.1. The number of nitro benzene ring substituents is 1. The Kier molecular flexibility index (Phi) is 8.45. The third kappa shape index (κ3) is 7.04. The lowest BCUT2D eigenvalue weighted by atomic mass is 10.1. The van der Waals surface area contributed by atoms with Gasteiger partial charge in [-0.25, -0.2) is 14.4 Å². The molecule has 0 saturated carbocycles. The molecule has 0 bridgehead atoms. The first-order valence-electron chi connectivity index (χ1n) is 10.7. The van der Waals surface area contributed by atoms with E-state index < -0.39 is 40.2 Å². The average molecular weight is 531 g/mol. The first-order valence-corrected chi connectivity index (χ1v) is 11.6. The number of aromatic carboxylic acids is 2. The summed E-state index contributed by atoms with van der Waals surface area (Å²) in [5.74, 6) is -3.51. The molecule has 0 aliphatic carbocycles. The van der Waals surface area contributed by atoms with Gasteiger partial charge in [-0.3, -0.25) is 24.6 Å². The minimum absolute atomic E-state index is 0.0109. The molecule has 2 aromatic carbocycles. The molecule has 37 heavy (non-hydrogen) atoms. The van der Waals surface area contributed by atoms with Gasteiger partial charge < -0.3 is 20.3 Å². The third-order valence-corrected chi connectivity index (χ3v) is 6.34. The van der Waals surface area contributed by atoms with Gasteiger partial charge in [0.1, 0.15) is 12.6 Å². The molecule has 1 aliphatic rings. The number of likely N-dealkylation sites (tertiary alicyclic amines) is 1. The molecule has 1 saturated heterocycles. The van der Waals surface area contributed by atoms with E-state index in [4.69, 9.17) is 4.74 Å². The van der Waals surface area contributed by atoms with Gasteiger partial charge in [0, 0.05) is 36.5 Å². The monoisotopic (exact) mass is 531 g/mol. The fourth-order valence-electron chi connectivity index (χ4n) is 3.68. The highest BCUT2D eigenvalue weighted by Gasteiger charge is 2.41. The van der Waals surface area contributed by atoms with E-state index in [0.717, 1.165) is 34.9 Å². The SMILES string of the molecule is CC(=O)S[C@H]1C[C@@H](C(=O)Nc2cc(C(=O)O)cc(C(=O)O)c2)N(C(=O)OCc2ccc([N+](=O)[O-])cc2)C1. The number of nitrogens with one attached hydrogen (secondary N) is 1. The summed E-state index contributed by atoms with van der Waals surface area (Å²) in [6.07, 6.45) is -0.775. The van der Waals surface area contributed by atoms with Gasteiger partial charge in [-0.1, -0.05) is 11.8 Å². The van der Waals surface area contributed by atoms with Crippen LogP contribution in [0.15, 0.2) is 42.5 Å². The summed E-state index contributed by atoms with van der Waals surface area (Å²) in [5.41, 5.74) is -0.463. The number of carbonyl (C=O) groups excluding carboxylic acids is 3. The van der Waals surface area contributed by atoms with Gasteiger partial charge in [-0.05, 0) is 42.3 Å². The number of hydrogen-bond acceptors (Lipinski definition) is 9. The molecule has 1 aliphatic heterocycles. The van der Waals surface area contributed by atoms with Crippen LogP contribution in [-0.4, -0.2) is 66.9 Å². The van der Waals surface area contributed by atoms with Gasteiger partial charge in [-0.15, -0.1) is 0 Å². The van der Waals surface area contributed by atoms with Gasteiger partial charge in [0.25, 0.3) is 5.69 Å². The molecule has 0 spiro atoms. The van der Waals surface area contributed by atoms with Gasteiger partial charge >= 0.3 is 18.0 Å². The number of hydrogen-bond donors (Lipinski definition) is 3. The standard InChI is InChI=1S/C23H21N3O10S/c1-12(27)37-18-9-19(20(28)24-16-7-14(21(29)30)6-15(8-16)22(31)32)25(10-18)23(33)36-11-13-2-4-17(5-3-13)26(34)35/h2-8,18-19H,9-11H2,1H3,(H,24,28)(H,29,30)(H,31,32)/t18-,19-/m0/s1. The maximum absolute atomic E-state index is 13.1. The van der Waals surface area contributed by atoms with E-state index in [2.05, 4.69) is 5.32 Å². The molecule has 194 valence electrons. The second-order valence-corrected chi connectivity index (χ2v) is 9.49. The Bertz CT molecular complexity index is 1230. The normalized spacial score (nSPS) is 16.6. The van der Waals surface area contributed by atoms with E-state index in [1.165, 1.54) is 31.2 Å². The lowest BCUT2D eigenvalue weighted by Crippen LogP contribution is -2.43. The Labute approximate surface area is 213 Å². The van der Waals surface area contributed by atoms with Crippen LogP contribution < -0.4 is 5.32 Å². The van der Waals surface area contributed by atoms with Crippen LogP contribution >= 0.6 is 11.8 Å². The average Bonchev–Trinajstić information content (AvgIpc) is 3.25. The molecular formula is C23H21N3O10S. The zero-order valence-electron chi connectivity index (χ0n) is 19.3. The Balaban J connectivity index is 1.77. The Hall–Kier alpha value is -4.46. The van der Waals surface area contributed by atoms with Crippen molar-refractivity contribution in [1.29, 1.82) is 0 Å². The van der Waals surface area contributed by atoms with Crippen LogP contribution in [0.1, 0.15) is 39.6 Å². The van der Waals surface area contributed by atoms with Crippen LogP contribution in [0.3, 0.4) is 0 Å². The molecule has 0 unspecified atom stereocenters. The van der Waals surface area contributed by atoms with Crippen LogP contribution in [0.25, 0.3) is 0 Å². The number of nitro groups is 1. The molecule has 1 fully saturated rings. The fraction of sp³-hybridized carbons (Fsp3) is 0.261. The van der Waals surface area contributed by atoms with Crippen molar-refractivity contribution in [1.82, 2.24) is 4.90 Å². The van der Waals surface area contributed by atoms with Gasteiger partial charge in [-0.2, -0.15) is 0 Å². The Morgan fingerprint density at radius 3 is 2.19 bits per heavy atom. The molecule has 0 radical (unpaired) electrons. The highest BCUT2D eigenvalue weighted by atomic mass is 32.2. The van der Waals surface area contributed by atoms with Crippen molar-refractivity contribution in [2.45, 2.75) is 31.2 Å². The van der Waals surface area contributed by atoms with Crippen LogP contribution in [0, 0.1) is 10.1 Å². The number of amides is 2. The van der Waals surface area contributed by atoms with E-state index >= 15 is 0 Å². The molecule has 2 atom stereocenters.